The molecule has 1 heterocycles. The van der Waals surface area contributed by atoms with Crippen LogP contribution in [0, 0.1) is 0 Å². The Morgan fingerprint density at radius 1 is 0.643 bits per heavy atom. The van der Waals surface area contributed by atoms with Crippen molar-refractivity contribution in [3.8, 4) is 39.9 Å². The summed E-state index contributed by atoms with van der Waals surface area (Å²) in [5, 5.41) is 2.25. The highest BCUT2D eigenvalue weighted by molar-refractivity contribution is 6.06. The van der Waals surface area contributed by atoms with E-state index in [1.807, 2.05) is 30.3 Å². The number of benzene rings is 5. The van der Waals surface area contributed by atoms with E-state index in [2.05, 4.69) is 73.7 Å². The van der Waals surface area contributed by atoms with Crippen molar-refractivity contribution in [2.75, 3.05) is 28.4 Å². The largest absolute Gasteiger partial charge is 0.497 e. The van der Waals surface area contributed by atoms with Gasteiger partial charge in [-0.3, -0.25) is 0 Å². The third-order valence-electron chi connectivity index (χ3n) is 8.74. The quantitative estimate of drug-likeness (QED) is 0.210. The standard InChI is InChI=1S/C37H32O5/c1-22-31-20-27(40-4)21-32(41-5)34(31)35-30-18-19-37(23-10-14-25(38-2)15-11-23,24-12-16-26(39-3)17-13-24)42-36(30)29-9-7-6-8-28(29)33(22)35/h6-22H,1-5H3. The minimum Gasteiger partial charge on any atom is -0.497 e. The van der Waals surface area contributed by atoms with Crippen molar-refractivity contribution >= 4 is 16.8 Å². The smallest absolute Gasteiger partial charge is 0.178 e. The predicted molar refractivity (Wildman–Crippen MR) is 166 cm³/mol. The molecule has 0 saturated carbocycles. The maximum Gasteiger partial charge on any atom is 0.178 e. The second-order valence-electron chi connectivity index (χ2n) is 10.7. The zero-order chi connectivity index (χ0) is 29.0. The molecule has 5 aromatic rings. The van der Waals surface area contributed by atoms with Gasteiger partial charge < -0.3 is 23.7 Å². The van der Waals surface area contributed by atoms with Gasteiger partial charge in [-0.05, 0) is 59.0 Å². The second kappa shape index (κ2) is 9.88. The van der Waals surface area contributed by atoms with Crippen LogP contribution >= 0.6 is 0 Å². The van der Waals surface area contributed by atoms with Crippen molar-refractivity contribution in [3.05, 3.63) is 119 Å². The first-order valence-corrected chi connectivity index (χ1v) is 14.0. The van der Waals surface area contributed by atoms with Crippen LogP contribution in [0.15, 0.2) is 91.0 Å². The van der Waals surface area contributed by atoms with E-state index >= 15 is 0 Å². The zero-order valence-corrected chi connectivity index (χ0v) is 24.4. The summed E-state index contributed by atoms with van der Waals surface area (Å²) in [6.45, 7) is 2.26. The molecule has 210 valence electrons. The van der Waals surface area contributed by atoms with Gasteiger partial charge in [0.15, 0.2) is 5.60 Å². The van der Waals surface area contributed by atoms with E-state index < -0.39 is 5.60 Å². The second-order valence-corrected chi connectivity index (χ2v) is 10.7. The van der Waals surface area contributed by atoms with Crippen LogP contribution in [0.3, 0.4) is 0 Å². The Labute approximate surface area is 245 Å². The van der Waals surface area contributed by atoms with Crippen LogP contribution in [0.25, 0.3) is 28.0 Å². The summed E-state index contributed by atoms with van der Waals surface area (Å²) in [7, 11) is 6.77. The summed E-state index contributed by atoms with van der Waals surface area (Å²) in [6.07, 6.45) is 4.40. The Kier molecular flexibility index (Phi) is 6.12. The highest BCUT2D eigenvalue weighted by atomic mass is 16.5. The van der Waals surface area contributed by atoms with Gasteiger partial charge in [0.05, 0.1) is 28.4 Å². The van der Waals surface area contributed by atoms with E-state index in [0.29, 0.717) is 0 Å². The average Bonchev–Trinajstić information content (AvgIpc) is 3.36. The fourth-order valence-corrected chi connectivity index (χ4v) is 6.65. The van der Waals surface area contributed by atoms with E-state index in [0.717, 1.165) is 62.0 Å². The molecule has 0 amide bonds. The Morgan fingerprint density at radius 2 is 1.24 bits per heavy atom. The Bertz CT molecular complexity index is 1800. The van der Waals surface area contributed by atoms with Crippen molar-refractivity contribution in [2.24, 2.45) is 0 Å². The van der Waals surface area contributed by atoms with Crippen LogP contribution in [-0.2, 0) is 5.60 Å². The minimum atomic E-state index is -0.875. The van der Waals surface area contributed by atoms with E-state index in [9.17, 15) is 0 Å². The van der Waals surface area contributed by atoms with Crippen molar-refractivity contribution in [1.82, 2.24) is 0 Å². The summed E-state index contributed by atoms with van der Waals surface area (Å²) in [5.74, 6) is 4.16. The lowest BCUT2D eigenvalue weighted by Gasteiger charge is -2.37. The Morgan fingerprint density at radius 3 is 1.81 bits per heavy atom. The molecule has 1 aliphatic carbocycles. The number of ether oxygens (including phenoxy) is 5. The maximum atomic E-state index is 7.31. The lowest BCUT2D eigenvalue weighted by atomic mass is 9.81. The van der Waals surface area contributed by atoms with Crippen molar-refractivity contribution in [2.45, 2.75) is 18.4 Å². The number of hydrogen-bond donors (Lipinski definition) is 0. The van der Waals surface area contributed by atoms with E-state index in [-0.39, 0.29) is 5.92 Å². The molecule has 0 aromatic heterocycles. The monoisotopic (exact) mass is 556 g/mol. The molecule has 0 radical (unpaired) electrons. The lowest BCUT2D eigenvalue weighted by Crippen LogP contribution is -2.34. The number of fused-ring (bicyclic) bond motifs is 8. The fraction of sp³-hybridized carbons (Fsp3) is 0.189. The lowest BCUT2D eigenvalue weighted by molar-refractivity contribution is 0.163. The molecule has 0 fully saturated rings. The average molecular weight is 557 g/mol. The van der Waals surface area contributed by atoms with Gasteiger partial charge in [-0.15, -0.1) is 0 Å². The molecule has 0 bridgehead atoms. The number of hydrogen-bond acceptors (Lipinski definition) is 5. The molecule has 42 heavy (non-hydrogen) atoms. The molecular weight excluding hydrogens is 524 g/mol. The summed E-state index contributed by atoms with van der Waals surface area (Å²) >= 11 is 0. The Hall–Kier alpha value is -4.90. The molecule has 1 unspecified atom stereocenters. The minimum absolute atomic E-state index is 0.150. The summed E-state index contributed by atoms with van der Waals surface area (Å²) in [6, 6.07) is 28.8. The molecule has 5 nitrogen and oxygen atoms in total. The number of methoxy groups -OCH3 is 4. The van der Waals surface area contributed by atoms with Crippen LogP contribution in [-0.4, -0.2) is 28.4 Å². The molecular formula is C37H32O5. The Balaban J connectivity index is 1.53. The first-order chi connectivity index (χ1) is 20.5. The predicted octanol–water partition coefficient (Wildman–Crippen LogP) is 8.36. The van der Waals surface area contributed by atoms with Gasteiger partial charge in [0.25, 0.3) is 0 Å². The molecule has 1 aliphatic heterocycles. The van der Waals surface area contributed by atoms with Crippen molar-refractivity contribution < 1.29 is 23.7 Å². The van der Waals surface area contributed by atoms with Gasteiger partial charge >= 0.3 is 0 Å². The molecule has 5 aromatic carbocycles. The number of rotatable bonds is 6. The SMILES string of the molecule is COc1ccc(C2(c3ccc(OC)cc3)C=Cc3c4c(c5ccccc5c3O2)C(C)c2cc(OC)cc(OC)c2-4)cc1. The fourth-order valence-electron chi connectivity index (χ4n) is 6.65. The van der Waals surface area contributed by atoms with Gasteiger partial charge in [0.2, 0.25) is 0 Å². The third kappa shape index (κ3) is 3.69. The van der Waals surface area contributed by atoms with Crippen LogP contribution in [0.1, 0.15) is 40.7 Å². The van der Waals surface area contributed by atoms with Gasteiger partial charge in [-0.2, -0.15) is 0 Å². The van der Waals surface area contributed by atoms with E-state index in [4.69, 9.17) is 23.7 Å². The van der Waals surface area contributed by atoms with Crippen molar-refractivity contribution in [3.63, 3.8) is 0 Å². The van der Waals surface area contributed by atoms with Crippen molar-refractivity contribution in [1.29, 1.82) is 0 Å². The normalized spacial score (nSPS) is 15.8. The molecule has 0 saturated heterocycles. The summed E-state index contributed by atoms with van der Waals surface area (Å²) < 4.78 is 29.9. The van der Waals surface area contributed by atoms with Crippen LogP contribution in [0.2, 0.25) is 0 Å². The molecule has 1 atom stereocenters. The first kappa shape index (κ1) is 26.0. The molecule has 7 rings (SSSR count). The highest BCUT2D eigenvalue weighted by Crippen LogP contribution is 2.58. The molecule has 0 spiro atoms. The maximum absolute atomic E-state index is 7.31. The van der Waals surface area contributed by atoms with Gasteiger partial charge in [0, 0.05) is 45.2 Å². The van der Waals surface area contributed by atoms with Gasteiger partial charge in [-0.25, -0.2) is 0 Å². The van der Waals surface area contributed by atoms with E-state index in [1.165, 1.54) is 16.5 Å². The van der Waals surface area contributed by atoms with Crippen LogP contribution in [0.5, 0.6) is 28.7 Å². The van der Waals surface area contributed by atoms with Crippen LogP contribution in [0.4, 0.5) is 0 Å². The summed E-state index contributed by atoms with van der Waals surface area (Å²) in [4.78, 5) is 0. The third-order valence-corrected chi connectivity index (χ3v) is 8.74. The van der Waals surface area contributed by atoms with Gasteiger partial charge in [0.1, 0.15) is 28.7 Å². The zero-order valence-electron chi connectivity index (χ0n) is 24.4. The van der Waals surface area contributed by atoms with E-state index in [1.54, 1.807) is 28.4 Å². The molecule has 0 N–H and O–H groups in total. The van der Waals surface area contributed by atoms with Crippen LogP contribution < -0.4 is 23.7 Å². The van der Waals surface area contributed by atoms with Gasteiger partial charge in [-0.1, -0.05) is 55.5 Å². The summed E-state index contributed by atoms with van der Waals surface area (Å²) in [5.41, 5.74) is 6.88. The molecule has 2 aliphatic rings. The topological polar surface area (TPSA) is 46.2 Å². The highest BCUT2D eigenvalue weighted by Gasteiger charge is 2.41. The first-order valence-electron chi connectivity index (χ1n) is 14.0. The molecule has 5 heteroatoms.